The van der Waals surface area contributed by atoms with Gasteiger partial charge in [0.05, 0.1) is 0 Å². The molecule has 0 rings (SSSR count). The maximum Gasteiger partial charge on any atom is 3.00 e. The Kier molecular flexibility index (Phi) is 814. The first-order chi connectivity index (χ1) is 0. The molecule has 4 nitrogen and oxygen atoms in total. The maximum absolute atomic E-state index is 0. The van der Waals surface area contributed by atoms with E-state index in [2.05, 4.69) is 0 Å². The van der Waals surface area contributed by atoms with E-state index >= 15 is 0 Å². The van der Waals surface area contributed by atoms with Crippen molar-refractivity contribution >= 4 is 0 Å². The van der Waals surface area contributed by atoms with Gasteiger partial charge in [-0.05, 0) is 0 Å². The molecule has 0 aliphatic carbocycles. The minimum absolute atomic E-state index is 0. The van der Waals surface area contributed by atoms with Crippen molar-refractivity contribution in [2.45, 2.75) is 0 Å². The van der Waals surface area contributed by atoms with E-state index in [1.165, 1.54) is 0 Å². The van der Waals surface area contributed by atoms with Crippen LogP contribution in [0.3, 0.4) is 0 Å². The third-order valence-electron chi connectivity index (χ3n) is 0. The van der Waals surface area contributed by atoms with Crippen molar-refractivity contribution in [1.82, 2.24) is 0 Å². The molecular weight excluding hydrogens is 342 g/mol. The molecule has 6 heteroatoms. The Morgan fingerprint density at radius 3 is 0.500 bits per heavy atom. The van der Waals surface area contributed by atoms with E-state index in [0.717, 1.165) is 0 Å². The number of hydrogen-bond donors (Lipinski definition) is 0. The Hall–Kier alpha value is 2.23. The van der Waals surface area contributed by atoms with Gasteiger partial charge in [0.1, 0.15) is 0 Å². The van der Waals surface area contributed by atoms with Gasteiger partial charge in [-0.25, -0.2) is 0 Å². The normalized spacial score (nSPS) is 0. The van der Waals surface area contributed by atoms with Crippen molar-refractivity contribution < 1.29 is 93.1 Å². The molecule has 0 spiro atoms. The van der Waals surface area contributed by atoms with Crippen LogP contribution in [0, 0.1) is 71.2 Å². The molecule has 0 bridgehead atoms. The molecule has 0 aliphatic rings. The molecule has 0 aromatic rings. The first kappa shape index (κ1) is 86.5. The van der Waals surface area contributed by atoms with Crippen LogP contribution in [0.1, 0.15) is 0 Å². The Bertz CT molecular complexity index is 5.51. The summed E-state index contributed by atoms with van der Waals surface area (Å²) in [6.07, 6.45) is 0. The van der Waals surface area contributed by atoms with Crippen LogP contribution in [-0.2, 0) is 16.4 Å². The second kappa shape index (κ2) is 56.4. The topological polar surface area (TPSA) is 117 Å². The Labute approximate surface area is 91.5 Å². The minimum atomic E-state index is 0. The van der Waals surface area contributed by atoms with E-state index in [4.69, 9.17) is 0 Å². The van der Waals surface area contributed by atoms with Gasteiger partial charge in [-0.15, -0.1) is 0 Å². The molecule has 0 aromatic carbocycles. The summed E-state index contributed by atoms with van der Waals surface area (Å²) in [7, 11) is 0. The molecule has 0 unspecified atom stereocenters. The molecule has 0 saturated heterocycles. The zero-order valence-corrected chi connectivity index (χ0v) is 10.1. The van der Waals surface area contributed by atoms with Crippen LogP contribution in [0.15, 0.2) is 0 Å². The predicted octanol–water partition coefficient (Wildman–Crippen LogP) is -1.18. The van der Waals surface area contributed by atoms with Crippen molar-refractivity contribution in [2.75, 3.05) is 0 Å². The van der Waals surface area contributed by atoms with E-state index < -0.39 is 0 Å². The van der Waals surface area contributed by atoms with E-state index in [0.29, 0.717) is 0 Å². The average Bonchev–Trinajstić information content (AvgIpc) is 0. The van der Waals surface area contributed by atoms with Gasteiger partial charge in [-0.3, -0.25) is 0 Å². The minimum Gasteiger partial charge on any atom is -2.00 e. The third kappa shape index (κ3) is 34.3. The van der Waals surface area contributed by atoms with Crippen molar-refractivity contribution in [3.8, 4) is 0 Å². The fraction of sp³-hybridized carbons (Fsp3) is 0. The molecule has 0 aromatic heterocycles. The Morgan fingerprint density at radius 1 is 0.500 bits per heavy atom. The van der Waals surface area contributed by atoms with E-state index in [-0.39, 0.29) is 93.1 Å². The summed E-state index contributed by atoms with van der Waals surface area (Å²) in [5.41, 5.74) is 0. The van der Waals surface area contributed by atoms with E-state index in [1.54, 1.807) is 0 Å². The maximum atomic E-state index is 0. The smallest absolute Gasteiger partial charge is 2.00 e. The van der Waals surface area contributed by atoms with Crippen LogP contribution in [-0.4, -0.2) is 5.48 Å². The van der Waals surface area contributed by atoms with E-state index in [9.17, 15) is 0 Å². The molecule has 0 saturated carbocycles. The van der Waals surface area contributed by atoms with Gasteiger partial charge in [-0.1, -0.05) is 0 Å². The summed E-state index contributed by atoms with van der Waals surface area (Å²) in [6, 6.07) is 0. The summed E-state index contributed by atoms with van der Waals surface area (Å²) >= 11 is 0. The van der Waals surface area contributed by atoms with Gasteiger partial charge >= 0.3 is 71.2 Å². The summed E-state index contributed by atoms with van der Waals surface area (Å²) < 4.78 is 0. The van der Waals surface area contributed by atoms with Gasteiger partial charge in [0.25, 0.3) is 0 Å². The van der Waals surface area contributed by atoms with Gasteiger partial charge in [-0.2, -0.15) is 0 Å². The van der Waals surface area contributed by atoms with Crippen molar-refractivity contribution in [1.29, 1.82) is 0 Å². The second-order valence-electron chi connectivity index (χ2n) is 0. The SMILES string of the molecule is O.[La+3].[La+3].[O-2].[O-2].[O-2]. The van der Waals surface area contributed by atoms with Crippen molar-refractivity contribution in [3.05, 3.63) is 0 Å². The molecule has 0 aliphatic heterocycles. The molecule has 2 N–H and O–H groups in total. The summed E-state index contributed by atoms with van der Waals surface area (Å²) in [4.78, 5) is 0. The van der Waals surface area contributed by atoms with Gasteiger partial charge in [0.15, 0.2) is 0 Å². The molecule has 0 heterocycles. The summed E-state index contributed by atoms with van der Waals surface area (Å²) in [5.74, 6) is 0. The zero-order chi connectivity index (χ0) is 0. The van der Waals surface area contributed by atoms with Crippen LogP contribution >= 0.6 is 0 Å². The molecule has 0 fully saturated rings. The Balaban J connectivity index is 0. The number of hydrogen-bond acceptors (Lipinski definition) is 0. The fourth-order valence-corrected chi connectivity index (χ4v) is 0. The van der Waals surface area contributed by atoms with Crippen LogP contribution in [0.4, 0.5) is 0 Å². The molecule has 32 valence electrons. The molecule has 6 heavy (non-hydrogen) atoms. The standard InChI is InChI=1S/2La.H2O.3O/h;;1H2;;;/q2*+3;;3*-2. The molecule has 0 amide bonds. The largest absolute Gasteiger partial charge is 3.00 e. The zero-order valence-electron chi connectivity index (χ0n) is 2.88. The van der Waals surface area contributed by atoms with Crippen LogP contribution in [0.5, 0.6) is 0 Å². The quantitative estimate of drug-likeness (QED) is 0.526. The van der Waals surface area contributed by atoms with Crippen LogP contribution in [0.25, 0.3) is 0 Å². The summed E-state index contributed by atoms with van der Waals surface area (Å²) in [6.45, 7) is 0. The van der Waals surface area contributed by atoms with Gasteiger partial charge < -0.3 is 21.9 Å². The third-order valence-corrected chi connectivity index (χ3v) is 0. The number of rotatable bonds is 0. The van der Waals surface area contributed by atoms with Crippen LogP contribution < -0.4 is 0 Å². The van der Waals surface area contributed by atoms with Gasteiger partial charge in [0, 0.05) is 0 Å². The first-order valence-corrected chi connectivity index (χ1v) is 0. The summed E-state index contributed by atoms with van der Waals surface area (Å²) in [5, 5.41) is 0. The molecular formula is H2La2O4. The van der Waals surface area contributed by atoms with E-state index in [1.807, 2.05) is 0 Å². The Morgan fingerprint density at radius 2 is 0.500 bits per heavy atom. The molecule has 0 atom stereocenters. The first-order valence-electron chi connectivity index (χ1n) is 0. The second-order valence-corrected chi connectivity index (χ2v) is 0. The van der Waals surface area contributed by atoms with Crippen molar-refractivity contribution in [3.63, 3.8) is 0 Å². The van der Waals surface area contributed by atoms with Crippen LogP contribution in [0.2, 0.25) is 0 Å². The predicted molar refractivity (Wildman–Crippen MR) is 5.67 cm³/mol. The fourth-order valence-electron chi connectivity index (χ4n) is 0. The van der Waals surface area contributed by atoms with Crippen molar-refractivity contribution in [2.24, 2.45) is 0 Å². The average molecular weight is 344 g/mol. The van der Waals surface area contributed by atoms with Gasteiger partial charge in [0.2, 0.25) is 0 Å². The molecule has 0 radical (unpaired) electrons. The monoisotopic (exact) mass is 344 g/mol.